The number of carboxylic acids is 1. The van der Waals surface area contributed by atoms with Crippen LogP contribution in [0.1, 0.15) is 40.2 Å². The molecule has 2 aliphatic carbocycles. The number of benzene rings is 3. The molecule has 1 saturated carbocycles. The highest BCUT2D eigenvalue weighted by Gasteiger charge is 2.50. The number of aliphatic carboxylic acids is 1. The predicted octanol–water partition coefficient (Wildman–Crippen LogP) is 4.64. The van der Waals surface area contributed by atoms with Crippen molar-refractivity contribution in [3.05, 3.63) is 89.5 Å². The van der Waals surface area contributed by atoms with Gasteiger partial charge in [0.2, 0.25) is 0 Å². The van der Waals surface area contributed by atoms with Crippen LogP contribution in [-0.2, 0) is 9.53 Å². The summed E-state index contributed by atoms with van der Waals surface area (Å²) in [5.41, 5.74) is 4.48. The van der Waals surface area contributed by atoms with Crippen LogP contribution in [0.25, 0.3) is 11.1 Å². The largest absolute Gasteiger partial charge is 0.481 e. The van der Waals surface area contributed by atoms with Crippen LogP contribution in [0, 0.1) is 5.41 Å². The molecule has 7 nitrogen and oxygen atoms in total. The second kappa shape index (κ2) is 8.67. The summed E-state index contributed by atoms with van der Waals surface area (Å²) in [7, 11) is 0. The first-order valence-electron chi connectivity index (χ1n) is 11.2. The van der Waals surface area contributed by atoms with Gasteiger partial charge in [0.1, 0.15) is 6.61 Å². The number of carbonyl (C=O) groups is 3. The third-order valence-electron chi connectivity index (χ3n) is 6.61. The maximum Gasteiger partial charge on any atom is 0.411 e. The zero-order valence-corrected chi connectivity index (χ0v) is 18.4. The molecule has 0 radical (unpaired) electrons. The van der Waals surface area contributed by atoms with Gasteiger partial charge in [-0.1, -0.05) is 54.6 Å². The van der Waals surface area contributed by atoms with Crippen molar-refractivity contribution >= 4 is 23.7 Å². The van der Waals surface area contributed by atoms with Crippen LogP contribution in [-0.4, -0.2) is 36.2 Å². The van der Waals surface area contributed by atoms with Gasteiger partial charge >= 0.3 is 12.1 Å². The van der Waals surface area contributed by atoms with E-state index in [2.05, 4.69) is 34.9 Å². The number of anilines is 1. The van der Waals surface area contributed by atoms with Gasteiger partial charge in [-0.15, -0.1) is 0 Å². The summed E-state index contributed by atoms with van der Waals surface area (Å²) in [5.74, 6) is -1.32. The van der Waals surface area contributed by atoms with Crippen LogP contribution in [0.3, 0.4) is 0 Å². The molecule has 0 bridgehead atoms. The lowest BCUT2D eigenvalue weighted by molar-refractivity contribution is -0.143. The monoisotopic (exact) mass is 456 g/mol. The average molecular weight is 456 g/mol. The normalized spacial score (nSPS) is 15.1. The van der Waals surface area contributed by atoms with E-state index >= 15 is 0 Å². The number of carboxylic acid groups (broad SMARTS) is 1. The second-order valence-electron chi connectivity index (χ2n) is 8.80. The van der Waals surface area contributed by atoms with Gasteiger partial charge in [0.05, 0.1) is 5.41 Å². The summed E-state index contributed by atoms with van der Waals surface area (Å²) >= 11 is 0. The van der Waals surface area contributed by atoms with Crippen molar-refractivity contribution in [3.8, 4) is 11.1 Å². The first-order chi connectivity index (χ1) is 16.5. The van der Waals surface area contributed by atoms with E-state index < -0.39 is 17.5 Å². The van der Waals surface area contributed by atoms with E-state index in [4.69, 9.17) is 4.74 Å². The molecule has 0 aromatic heterocycles. The standard InChI is InChI=1S/C27H24N2O5/c30-24(28-16-27(12-13-27)25(31)32)17-6-5-7-18(14-17)29-26(33)34-15-23-21-10-3-1-8-19(21)20-9-2-4-11-22(20)23/h1-11,14,23H,12-13,15-16H2,(H,28,30)(H,29,33)(H,31,32). The smallest absolute Gasteiger partial charge is 0.411 e. The predicted molar refractivity (Wildman–Crippen MR) is 127 cm³/mol. The molecule has 5 rings (SSSR count). The molecule has 2 aliphatic rings. The minimum Gasteiger partial charge on any atom is -0.481 e. The molecule has 0 atom stereocenters. The third-order valence-corrected chi connectivity index (χ3v) is 6.61. The Morgan fingerprint density at radius 3 is 2.18 bits per heavy atom. The Balaban J connectivity index is 1.20. The average Bonchev–Trinajstić information content (AvgIpc) is 3.58. The summed E-state index contributed by atoms with van der Waals surface area (Å²) in [6.45, 7) is 0.280. The summed E-state index contributed by atoms with van der Waals surface area (Å²) < 4.78 is 5.55. The van der Waals surface area contributed by atoms with Crippen molar-refractivity contribution in [1.82, 2.24) is 5.32 Å². The summed E-state index contributed by atoms with van der Waals surface area (Å²) in [6, 6.07) is 22.7. The number of ether oxygens (including phenoxy) is 1. The highest BCUT2D eigenvalue weighted by atomic mass is 16.5. The maximum absolute atomic E-state index is 12.5. The molecule has 3 aromatic rings. The Bertz CT molecular complexity index is 1240. The Morgan fingerprint density at radius 1 is 0.912 bits per heavy atom. The Labute approximate surface area is 196 Å². The van der Waals surface area contributed by atoms with Crippen molar-refractivity contribution in [1.29, 1.82) is 0 Å². The van der Waals surface area contributed by atoms with E-state index in [0.717, 1.165) is 22.3 Å². The van der Waals surface area contributed by atoms with Crippen LogP contribution in [0.2, 0.25) is 0 Å². The summed E-state index contributed by atoms with van der Waals surface area (Å²) in [6.07, 6.45) is 0.514. The number of fused-ring (bicyclic) bond motifs is 3. The van der Waals surface area contributed by atoms with E-state index in [0.29, 0.717) is 24.1 Å². The van der Waals surface area contributed by atoms with E-state index in [9.17, 15) is 19.5 Å². The van der Waals surface area contributed by atoms with Crippen LogP contribution < -0.4 is 10.6 Å². The minimum absolute atomic E-state index is 0.0424. The van der Waals surface area contributed by atoms with Crippen molar-refractivity contribution in [2.75, 3.05) is 18.5 Å². The van der Waals surface area contributed by atoms with Crippen molar-refractivity contribution in [2.24, 2.45) is 5.41 Å². The lowest BCUT2D eigenvalue weighted by Gasteiger charge is -2.15. The molecule has 34 heavy (non-hydrogen) atoms. The second-order valence-corrected chi connectivity index (χ2v) is 8.80. The van der Waals surface area contributed by atoms with Gasteiger partial charge in [-0.25, -0.2) is 4.79 Å². The topological polar surface area (TPSA) is 105 Å². The molecular weight excluding hydrogens is 432 g/mol. The molecule has 1 fully saturated rings. The molecule has 0 unspecified atom stereocenters. The molecule has 0 saturated heterocycles. The third kappa shape index (κ3) is 4.12. The zero-order chi connectivity index (χ0) is 23.7. The van der Waals surface area contributed by atoms with Crippen molar-refractivity contribution in [3.63, 3.8) is 0 Å². The van der Waals surface area contributed by atoms with E-state index in [1.54, 1.807) is 18.2 Å². The van der Waals surface area contributed by atoms with E-state index in [-0.39, 0.29) is 25.0 Å². The quantitative estimate of drug-likeness (QED) is 0.480. The summed E-state index contributed by atoms with van der Waals surface area (Å²) in [4.78, 5) is 36.3. The van der Waals surface area contributed by atoms with Gasteiger partial charge in [0, 0.05) is 23.7 Å². The SMILES string of the molecule is O=C(Nc1cccc(C(=O)NCC2(C(=O)O)CC2)c1)OCC1c2ccccc2-c2ccccc21. The lowest BCUT2D eigenvalue weighted by atomic mass is 9.98. The number of amides is 2. The number of carbonyl (C=O) groups excluding carboxylic acids is 2. The van der Waals surface area contributed by atoms with Gasteiger partial charge in [0.25, 0.3) is 5.91 Å². The molecule has 3 aromatic carbocycles. The summed E-state index contributed by atoms with van der Waals surface area (Å²) in [5, 5.41) is 14.6. The first kappa shape index (κ1) is 21.7. The van der Waals surface area contributed by atoms with Gasteiger partial charge in [-0.05, 0) is 53.3 Å². The number of rotatable bonds is 7. The van der Waals surface area contributed by atoms with Gasteiger partial charge in [-0.3, -0.25) is 14.9 Å². The van der Waals surface area contributed by atoms with Crippen LogP contribution >= 0.6 is 0 Å². The molecule has 0 aliphatic heterocycles. The molecular formula is C27H24N2O5. The van der Waals surface area contributed by atoms with Crippen LogP contribution in [0.4, 0.5) is 10.5 Å². The van der Waals surface area contributed by atoms with E-state index in [1.807, 2.05) is 24.3 Å². The number of hydrogen-bond donors (Lipinski definition) is 3. The Kier molecular flexibility index (Phi) is 5.53. The lowest BCUT2D eigenvalue weighted by Crippen LogP contribution is -2.34. The van der Waals surface area contributed by atoms with Crippen LogP contribution in [0.15, 0.2) is 72.8 Å². The Morgan fingerprint density at radius 2 is 1.56 bits per heavy atom. The van der Waals surface area contributed by atoms with Crippen molar-refractivity contribution in [2.45, 2.75) is 18.8 Å². The number of hydrogen-bond acceptors (Lipinski definition) is 4. The van der Waals surface area contributed by atoms with Crippen LogP contribution in [0.5, 0.6) is 0 Å². The highest BCUT2D eigenvalue weighted by Crippen LogP contribution is 2.45. The maximum atomic E-state index is 12.5. The molecule has 172 valence electrons. The molecule has 7 heteroatoms. The fourth-order valence-electron chi connectivity index (χ4n) is 4.46. The van der Waals surface area contributed by atoms with Crippen molar-refractivity contribution < 1.29 is 24.2 Å². The molecule has 0 spiro atoms. The molecule has 3 N–H and O–H groups in total. The minimum atomic E-state index is -0.890. The fourth-order valence-corrected chi connectivity index (χ4v) is 4.46. The van der Waals surface area contributed by atoms with Gasteiger partial charge in [0.15, 0.2) is 0 Å². The number of nitrogens with one attached hydrogen (secondary N) is 2. The zero-order valence-electron chi connectivity index (χ0n) is 18.4. The molecule has 0 heterocycles. The fraction of sp³-hybridized carbons (Fsp3) is 0.222. The molecule has 2 amide bonds. The Hall–Kier alpha value is -4.13. The van der Waals surface area contributed by atoms with Gasteiger partial charge < -0.3 is 15.2 Å². The van der Waals surface area contributed by atoms with E-state index in [1.165, 1.54) is 6.07 Å². The van der Waals surface area contributed by atoms with Gasteiger partial charge in [-0.2, -0.15) is 0 Å². The first-order valence-corrected chi connectivity index (χ1v) is 11.2. The highest BCUT2D eigenvalue weighted by molar-refractivity contribution is 5.96.